The van der Waals surface area contributed by atoms with Gasteiger partial charge >= 0.3 is 0 Å². The van der Waals surface area contributed by atoms with Crippen LogP contribution in [0.25, 0.3) is 0 Å². The Morgan fingerprint density at radius 3 is 2.45 bits per heavy atom. The van der Waals surface area contributed by atoms with E-state index in [1.165, 1.54) is 11.1 Å². The number of nitrogens with zero attached hydrogens (tertiary/aromatic N) is 2. The molecule has 0 amide bonds. The number of hydrogen-bond donors (Lipinski definition) is 2. The maximum absolute atomic E-state index is 5.97. The molecule has 0 unspecified atom stereocenters. The van der Waals surface area contributed by atoms with Gasteiger partial charge in [0.2, 0.25) is 0 Å². The molecular weight excluding hydrogens is 376 g/mol. The number of aromatic nitrogens is 1. The number of hydrogen-bond acceptors (Lipinski definition) is 3. The van der Waals surface area contributed by atoms with Crippen LogP contribution < -0.4 is 10.6 Å². The average molecular weight is 411 g/mol. The summed E-state index contributed by atoms with van der Waals surface area (Å²) >= 11 is 5.97. The monoisotopic (exact) mass is 410 g/mol. The Hall–Kier alpha value is -1.98. The van der Waals surface area contributed by atoms with E-state index in [1.54, 1.807) is 0 Å². The van der Waals surface area contributed by atoms with Crippen molar-refractivity contribution in [2.45, 2.75) is 77.5 Å². The van der Waals surface area contributed by atoms with Crippen LogP contribution in [0.5, 0.6) is 0 Å². The molecule has 0 atom stereocenters. The van der Waals surface area contributed by atoms with Gasteiger partial charge in [0.05, 0.1) is 0 Å². The summed E-state index contributed by atoms with van der Waals surface area (Å²) in [6.45, 7) is 12.1. The zero-order chi connectivity index (χ0) is 21.1. The highest BCUT2D eigenvalue weighted by molar-refractivity contribution is 7.80. The highest BCUT2D eigenvalue weighted by atomic mass is 32.1. The van der Waals surface area contributed by atoms with Crippen molar-refractivity contribution in [3.05, 3.63) is 59.9 Å². The number of anilines is 1. The number of para-hydroxylation sites is 1. The minimum atomic E-state index is 0.0521. The molecule has 5 heteroatoms. The normalized spacial score (nSPS) is 18.2. The molecule has 3 rings (SSSR count). The highest BCUT2D eigenvalue weighted by Gasteiger charge is 2.40. The predicted octanol–water partition coefficient (Wildman–Crippen LogP) is 5.15. The van der Waals surface area contributed by atoms with Gasteiger partial charge in [0.1, 0.15) is 0 Å². The van der Waals surface area contributed by atoms with E-state index in [0.29, 0.717) is 6.04 Å². The lowest BCUT2D eigenvalue weighted by atomic mass is 9.79. The van der Waals surface area contributed by atoms with Gasteiger partial charge in [0, 0.05) is 41.7 Å². The molecule has 1 fully saturated rings. The summed E-state index contributed by atoms with van der Waals surface area (Å²) in [5.74, 6) is 0. The maximum atomic E-state index is 5.97. The molecule has 0 spiro atoms. The molecule has 0 saturated carbocycles. The minimum Gasteiger partial charge on any atom is -0.342 e. The van der Waals surface area contributed by atoms with Crippen molar-refractivity contribution >= 4 is 23.0 Å². The van der Waals surface area contributed by atoms with E-state index >= 15 is 0 Å². The first-order chi connectivity index (χ1) is 13.7. The molecule has 1 aliphatic rings. The van der Waals surface area contributed by atoms with Crippen molar-refractivity contribution in [2.24, 2.45) is 0 Å². The Morgan fingerprint density at radius 2 is 1.83 bits per heavy atom. The van der Waals surface area contributed by atoms with Crippen LogP contribution in [0.15, 0.2) is 48.8 Å². The number of rotatable bonds is 5. The molecule has 2 heterocycles. The van der Waals surface area contributed by atoms with Gasteiger partial charge in [-0.3, -0.25) is 4.98 Å². The van der Waals surface area contributed by atoms with Gasteiger partial charge in [0.15, 0.2) is 5.11 Å². The Labute approximate surface area is 181 Å². The standard InChI is InChI=1S/C24H34N4S/c1-6-19-11-7-8-12-21(19)26-22(29)28(17-18-10-9-13-25-16-18)20-14-23(2,3)27-24(4,5)15-20/h7-13,16,20,27H,6,14-15,17H2,1-5H3,(H,26,29). The van der Waals surface area contributed by atoms with Crippen molar-refractivity contribution in [1.29, 1.82) is 0 Å². The molecule has 2 N–H and O–H groups in total. The minimum absolute atomic E-state index is 0.0521. The number of nitrogens with one attached hydrogen (secondary N) is 2. The Balaban J connectivity index is 1.89. The molecule has 156 valence electrons. The first-order valence-electron chi connectivity index (χ1n) is 10.5. The SMILES string of the molecule is CCc1ccccc1NC(=S)N(Cc1cccnc1)C1CC(C)(C)NC(C)(C)C1. The predicted molar refractivity (Wildman–Crippen MR) is 126 cm³/mol. The molecule has 1 aromatic carbocycles. The number of aryl methyl sites for hydroxylation is 1. The molecule has 1 aromatic heterocycles. The van der Waals surface area contributed by atoms with Gasteiger partial charge in [0.25, 0.3) is 0 Å². The van der Waals surface area contributed by atoms with E-state index in [4.69, 9.17) is 12.2 Å². The molecule has 29 heavy (non-hydrogen) atoms. The van der Waals surface area contributed by atoms with Gasteiger partial charge in [-0.25, -0.2) is 0 Å². The quantitative estimate of drug-likeness (QED) is 0.667. The summed E-state index contributed by atoms with van der Waals surface area (Å²) in [7, 11) is 0. The third-order valence-corrected chi connectivity index (χ3v) is 5.92. The maximum Gasteiger partial charge on any atom is 0.173 e. The summed E-state index contributed by atoms with van der Waals surface area (Å²) in [4.78, 5) is 6.67. The van der Waals surface area contributed by atoms with Crippen LogP contribution in [0.4, 0.5) is 5.69 Å². The van der Waals surface area contributed by atoms with Crippen LogP contribution in [-0.4, -0.2) is 32.1 Å². The summed E-state index contributed by atoms with van der Waals surface area (Å²) in [5, 5.41) is 8.12. The molecule has 1 saturated heterocycles. The van der Waals surface area contributed by atoms with Crippen molar-refractivity contribution in [2.75, 3.05) is 5.32 Å². The second-order valence-corrected chi connectivity index (χ2v) is 9.77. The molecule has 0 bridgehead atoms. The van der Waals surface area contributed by atoms with Gasteiger partial charge < -0.3 is 15.5 Å². The second kappa shape index (κ2) is 8.80. The Bertz CT molecular complexity index is 816. The fraction of sp³-hybridized carbons (Fsp3) is 0.500. The van der Waals surface area contributed by atoms with E-state index in [9.17, 15) is 0 Å². The van der Waals surface area contributed by atoms with E-state index in [2.05, 4.69) is 85.5 Å². The molecule has 0 radical (unpaired) electrons. The number of pyridine rings is 1. The third kappa shape index (κ3) is 5.77. The number of piperidine rings is 1. The van der Waals surface area contributed by atoms with E-state index in [0.717, 1.165) is 36.6 Å². The second-order valence-electron chi connectivity index (χ2n) is 9.38. The van der Waals surface area contributed by atoms with Gasteiger partial charge in [-0.15, -0.1) is 0 Å². The van der Waals surface area contributed by atoms with E-state index in [1.807, 2.05) is 18.5 Å². The smallest absolute Gasteiger partial charge is 0.173 e. The summed E-state index contributed by atoms with van der Waals surface area (Å²) in [6, 6.07) is 12.9. The lowest BCUT2D eigenvalue weighted by molar-refractivity contribution is 0.101. The highest BCUT2D eigenvalue weighted by Crippen LogP contribution is 2.33. The number of benzene rings is 1. The summed E-state index contributed by atoms with van der Waals surface area (Å²) in [6.07, 6.45) is 6.80. The van der Waals surface area contributed by atoms with Gasteiger partial charge in [-0.05, 0) is 82.4 Å². The van der Waals surface area contributed by atoms with Crippen LogP contribution >= 0.6 is 12.2 Å². The molecule has 1 aliphatic heterocycles. The lowest BCUT2D eigenvalue weighted by Gasteiger charge is -2.50. The zero-order valence-corrected chi connectivity index (χ0v) is 19.1. The van der Waals surface area contributed by atoms with Crippen LogP contribution in [0, 0.1) is 0 Å². The largest absolute Gasteiger partial charge is 0.342 e. The van der Waals surface area contributed by atoms with Gasteiger partial charge in [-0.1, -0.05) is 31.2 Å². The molecule has 4 nitrogen and oxygen atoms in total. The van der Waals surface area contributed by atoms with Gasteiger partial charge in [-0.2, -0.15) is 0 Å². The fourth-order valence-corrected chi connectivity index (χ4v) is 5.01. The van der Waals surface area contributed by atoms with Crippen molar-refractivity contribution in [1.82, 2.24) is 15.2 Å². The van der Waals surface area contributed by atoms with Crippen LogP contribution in [-0.2, 0) is 13.0 Å². The first kappa shape index (κ1) is 21.7. The first-order valence-corrected chi connectivity index (χ1v) is 10.9. The number of thiocarbonyl (C=S) groups is 1. The molecule has 2 aromatic rings. The van der Waals surface area contributed by atoms with Crippen LogP contribution in [0.3, 0.4) is 0 Å². The average Bonchev–Trinajstić information content (AvgIpc) is 2.64. The third-order valence-electron chi connectivity index (χ3n) is 5.59. The Kier molecular flexibility index (Phi) is 6.59. The summed E-state index contributed by atoms with van der Waals surface area (Å²) < 4.78 is 0. The topological polar surface area (TPSA) is 40.2 Å². The van der Waals surface area contributed by atoms with Crippen molar-refractivity contribution in [3.8, 4) is 0 Å². The van der Waals surface area contributed by atoms with Crippen LogP contribution in [0.1, 0.15) is 58.6 Å². The van der Waals surface area contributed by atoms with E-state index < -0.39 is 0 Å². The van der Waals surface area contributed by atoms with E-state index in [-0.39, 0.29) is 11.1 Å². The summed E-state index contributed by atoms with van der Waals surface area (Å²) in [5.41, 5.74) is 3.66. The van der Waals surface area contributed by atoms with Crippen molar-refractivity contribution in [3.63, 3.8) is 0 Å². The zero-order valence-electron chi connectivity index (χ0n) is 18.3. The lowest BCUT2D eigenvalue weighted by Crippen LogP contribution is -2.63. The molecule has 0 aliphatic carbocycles. The van der Waals surface area contributed by atoms with Crippen LogP contribution in [0.2, 0.25) is 0 Å². The fourth-order valence-electron chi connectivity index (χ4n) is 4.68. The molecular formula is C24H34N4S. The Morgan fingerprint density at radius 1 is 1.14 bits per heavy atom. The van der Waals surface area contributed by atoms with Crippen molar-refractivity contribution < 1.29 is 0 Å².